The smallest absolute Gasteiger partial charge is 0.314 e. The van der Waals surface area contributed by atoms with Crippen molar-refractivity contribution in [1.82, 2.24) is 25.5 Å². The van der Waals surface area contributed by atoms with Gasteiger partial charge in [-0.3, -0.25) is 10.1 Å². The molecular formula is C22H26F3N5. The number of H-pyrrole nitrogens is 1. The molecule has 2 atom stereocenters. The molecule has 4 heterocycles. The van der Waals surface area contributed by atoms with Crippen molar-refractivity contribution in [1.29, 1.82) is 0 Å². The Morgan fingerprint density at radius 1 is 1.13 bits per heavy atom. The zero-order valence-electron chi connectivity index (χ0n) is 17.3. The second kappa shape index (κ2) is 7.65. The summed E-state index contributed by atoms with van der Waals surface area (Å²) < 4.78 is 41.3. The zero-order valence-corrected chi connectivity index (χ0v) is 17.3. The molecule has 1 fully saturated rings. The van der Waals surface area contributed by atoms with E-state index in [9.17, 15) is 13.2 Å². The van der Waals surface area contributed by atoms with Crippen molar-refractivity contribution in [3.63, 3.8) is 0 Å². The predicted molar refractivity (Wildman–Crippen MR) is 110 cm³/mol. The van der Waals surface area contributed by atoms with E-state index in [-0.39, 0.29) is 22.7 Å². The summed E-state index contributed by atoms with van der Waals surface area (Å²) in [7, 11) is 0. The molecule has 0 bridgehead atoms. The van der Waals surface area contributed by atoms with Gasteiger partial charge in [-0.1, -0.05) is 20.8 Å². The van der Waals surface area contributed by atoms with Gasteiger partial charge in [-0.2, -0.15) is 18.3 Å². The zero-order chi connectivity index (χ0) is 21.5. The summed E-state index contributed by atoms with van der Waals surface area (Å²) in [5.41, 5.74) is 0.639. The molecule has 4 rings (SSSR count). The fourth-order valence-corrected chi connectivity index (χ4v) is 4.32. The van der Waals surface area contributed by atoms with Crippen LogP contribution in [0.2, 0.25) is 0 Å². The van der Waals surface area contributed by atoms with Gasteiger partial charge >= 0.3 is 6.18 Å². The summed E-state index contributed by atoms with van der Waals surface area (Å²) in [5, 5.41) is 10.9. The van der Waals surface area contributed by atoms with Crippen LogP contribution in [-0.2, 0) is 6.18 Å². The molecule has 3 aromatic rings. The standard InChI is InChI=1S/C22H26F3N5/c1-21(2,3)12-14-11-13(8-10-26-14)17-7-6-16(22(23,24)25)19(28-17)18-15-5-4-9-27-20(15)30-29-18/h4-7,9,13-14,26H,8,10-12H2,1-3H3,(H,27,29,30)/t13?,14-/m1/s1. The number of halogens is 3. The Balaban J connectivity index is 1.74. The molecule has 3 aromatic heterocycles. The van der Waals surface area contributed by atoms with E-state index in [1.807, 2.05) is 0 Å². The van der Waals surface area contributed by atoms with Gasteiger partial charge in [0, 0.05) is 29.2 Å². The molecule has 0 saturated carbocycles. The molecule has 1 saturated heterocycles. The van der Waals surface area contributed by atoms with Gasteiger partial charge in [0.05, 0.1) is 11.3 Å². The average molecular weight is 417 g/mol. The lowest BCUT2D eigenvalue weighted by Crippen LogP contribution is -2.39. The molecule has 30 heavy (non-hydrogen) atoms. The van der Waals surface area contributed by atoms with E-state index >= 15 is 0 Å². The summed E-state index contributed by atoms with van der Waals surface area (Å²) in [6, 6.07) is 6.41. The lowest BCUT2D eigenvalue weighted by atomic mass is 9.81. The molecular weight excluding hydrogens is 391 g/mol. The van der Waals surface area contributed by atoms with Crippen LogP contribution in [0.25, 0.3) is 22.4 Å². The first-order valence-corrected chi connectivity index (χ1v) is 10.2. The Kier molecular flexibility index (Phi) is 5.30. The quantitative estimate of drug-likeness (QED) is 0.606. The van der Waals surface area contributed by atoms with E-state index in [4.69, 9.17) is 0 Å². The first kappa shape index (κ1) is 20.8. The third-order valence-electron chi connectivity index (χ3n) is 5.56. The van der Waals surface area contributed by atoms with Gasteiger partial charge in [0.1, 0.15) is 5.69 Å². The van der Waals surface area contributed by atoms with E-state index in [0.29, 0.717) is 22.8 Å². The van der Waals surface area contributed by atoms with Gasteiger partial charge in [0.25, 0.3) is 0 Å². The summed E-state index contributed by atoms with van der Waals surface area (Å²) in [5.74, 6) is 0.118. The number of rotatable bonds is 3. The van der Waals surface area contributed by atoms with Crippen molar-refractivity contribution in [2.75, 3.05) is 6.54 Å². The number of hydrogen-bond donors (Lipinski definition) is 2. The van der Waals surface area contributed by atoms with Gasteiger partial charge in [-0.05, 0) is 55.5 Å². The molecule has 0 spiro atoms. The summed E-state index contributed by atoms with van der Waals surface area (Å²) in [4.78, 5) is 8.66. The Morgan fingerprint density at radius 3 is 2.67 bits per heavy atom. The minimum Gasteiger partial charge on any atom is -0.314 e. The molecule has 1 unspecified atom stereocenters. The Bertz CT molecular complexity index is 1040. The number of aromatic amines is 1. The monoisotopic (exact) mass is 417 g/mol. The Morgan fingerprint density at radius 2 is 1.93 bits per heavy atom. The SMILES string of the molecule is CC(C)(C)C[C@H]1CC(c2ccc(C(F)(F)F)c(-c3[nH]nc4ncccc34)n2)CCN1. The fourth-order valence-electron chi connectivity index (χ4n) is 4.32. The highest BCUT2D eigenvalue weighted by Gasteiger charge is 2.36. The van der Waals surface area contributed by atoms with E-state index < -0.39 is 11.7 Å². The molecule has 0 aromatic carbocycles. The van der Waals surface area contributed by atoms with Crippen LogP contribution >= 0.6 is 0 Å². The largest absolute Gasteiger partial charge is 0.418 e. The van der Waals surface area contributed by atoms with Crippen molar-refractivity contribution in [3.8, 4) is 11.4 Å². The number of alkyl halides is 3. The number of fused-ring (bicyclic) bond motifs is 1. The van der Waals surface area contributed by atoms with E-state index in [2.05, 4.69) is 46.3 Å². The summed E-state index contributed by atoms with van der Waals surface area (Å²) in [6.07, 6.45) is -0.229. The van der Waals surface area contributed by atoms with E-state index in [0.717, 1.165) is 31.9 Å². The summed E-state index contributed by atoms with van der Waals surface area (Å²) in [6.45, 7) is 7.43. The molecule has 1 aliphatic heterocycles. The highest BCUT2D eigenvalue weighted by molar-refractivity contribution is 5.90. The Labute approximate surface area is 173 Å². The number of aromatic nitrogens is 4. The molecule has 0 aliphatic carbocycles. The maximum Gasteiger partial charge on any atom is 0.418 e. The van der Waals surface area contributed by atoms with Crippen LogP contribution in [-0.4, -0.2) is 32.8 Å². The number of hydrogen-bond acceptors (Lipinski definition) is 4. The van der Waals surface area contributed by atoms with Crippen LogP contribution in [0.1, 0.15) is 57.2 Å². The first-order valence-electron chi connectivity index (χ1n) is 10.2. The van der Waals surface area contributed by atoms with E-state index in [1.54, 1.807) is 18.3 Å². The van der Waals surface area contributed by atoms with Crippen LogP contribution in [0.3, 0.4) is 0 Å². The minimum absolute atomic E-state index is 0.110. The molecule has 5 nitrogen and oxygen atoms in total. The van der Waals surface area contributed by atoms with Crippen molar-refractivity contribution in [3.05, 3.63) is 41.7 Å². The number of nitrogens with zero attached hydrogens (tertiary/aromatic N) is 3. The van der Waals surface area contributed by atoms with Gasteiger partial charge < -0.3 is 5.32 Å². The minimum atomic E-state index is -4.51. The number of nitrogens with one attached hydrogen (secondary N) is 2. The van der Waals surface area contributed by atoms with Crippen molar-refractivity contribution < 1.29 is 13.2 Å². The lowest BCUT2D eigenvalue weighted by Gasteiger charge is -2.34. The molecule has 160 valence electrons. The Hall–Kier alpha value is -2.48. The normalized spacial score (nSPS) is 20.6. The highest BCUT2D eigenvalue weighted by atomic mass is 19.4. The third-order valence-corrected chi connectivity index (χ3v) is 5.56. The number of pyridine rings is 2. The van der Waals surface area contributed by atoms with Gasteiger partial charge in [0.15, 0.2) is 5.65 Å². The second-order valence-corrected chi connectivity index (χ2v) is 9.24. The van der Waals surface area contributed by atoms with Gasteiger partial charge in [-0.15, -0.1) is 0 Å². The van der Waals surface area contributed by atoms with Crippen molar-refractivity contribution in [2.24, 2.45) is 5.41 Å². The highest BCUT2D eigenvalue weighted by Crippen LogP contribution is 2.39. The van der Waals surface area contributed by atoms with Crippen molar-refractivity contribution in [2.45, 2.75) is 58.2 Å². The lowest BCUT2D eigenvalue weighted by molar-refractivity contribution is -0.137. The third kappa shape index (κ3) is 4.33. The van der Waals surface area contributed by atoms with Crippen LogP contribution < -0.4 is 5.32 Å². The number of piperidine rings is 1. The summed E-state index contributed by atoms with van der Waals surface area (Å²) >= 11 is 0. The molecule has 0 radical (unpaired) electrons. The van der Waals surface area contributed by atoms with Crippen molar-refractivity contribution >= 4 is 11.0 Å². The van der Waals surface area contributed by atoms with Crippen LogP contribution in [0.5, 0.6) is 0 Å². The maximum absolute atomic E-state index is 13.8. The fraction of sp³-hybridized carbons (Fsp3) is 0.500. The molecule has 0 amide bonds. The van der Waals surface area contributed by atoms with Gasteiger partial charge in [-0.25, -0.2) is 4.98 Å². The molecule has 8 heteroatoms. The second-order valence-electron chi connectivity index (χ2n) is 9.24. The maximum atomic E-state index is 13.8. The van der Waals surface area contributed by atoms with Crippen LogP contribution in [0.4, 0.5) is 13.2 Å². The molecule has 1 aliphatic rings. The molecule has 2 N–H and O–H groups in total. The van der Waals surface area contributed by atoms with E-state index in [1.165, 1.54) is 6.07 Å². The van der Waals surface area contributed by atoms with Gasteiger partial charge in [0.2, 0.25) is 0 Å². The average Bonchev–Trinajstić information content (AvgIpc) is 3.10. The van der Waals surface area contributed by atoms with Crippen LogP contribution in [0.15, 0.2) is 30.5 Å². The van der Waals surface area contributed by atoms with Crippen LogP contribution in [0, 0.1) is 5.41 Å². The topological polar surface area (TPSA) is 66.5 Å². The predicted octanol–water partition coefficient (Wildman–Crippen LogP) is 5.31. The first-order chi connectivity index (χ1) is 14.1.